The van der Waals surface area contributed by atoms with Crippen LogP contribution in [0.3, 0.4) is 0 Å². The van der Waals surface area contributed by atoms with Crippen molar-refractivity contribution in [3.8, 4) is 0 Å². The van der Waals surface area contributed by atoms with Crippen molar-refractivity contribution in [2.75, 3.05) is 11.9 Å². The van der Waals surface area contributed by atoms with Crippen molar-refractivity contribution in [2.45, 2.75) is 31.8 Å². The first-order chi connectivity index (χ1) is 15.3. The number of aromatic nitrogens is 4. The molecule has 1 fully saturated rings. The van der Waals surface area contributed by atoms with Crippen molar-refractivity contribution < 1.29 is 17.4 Å². The lowest BCUT2D eigenvalue weighted by Crippen LogP contribution is -2.22. The lowest BCUT2D eigenvalue weighted by atomic mass is 10.1. The minimum absolute atomic E-state index is 0.0455. The molecule has 3 heterocycles. The molecular weight excluding hydrogens is 520 g/mol. The van der Waals surface area contributed by atoms with Gasteiger partial charge in [0.2, 0.25) is 5.78 Å². The lowest BCUT2D eigenvalue weighted by molar-refractivity contribution is 0.104. The molecule has 32 heavy (non-hydrogen) atoms. The number of hydrogen-bond donors (Lipinski definition) is 2. The molecule has 1 aliphatic rings. The summed E-state index contributed by atoms with van der Waals surface area (Å²) >= 11 is 4.70. The minimum atomic E-state index is -3.95. The fourth-order valence-electron chi connectivity index (χ4n) is 3.69. The second-order valence-corrected chi connectivity index (χ2v) is 10.5. The van der Waals surface area contributed by atoms with Crippen LogP contribution in [0.4, 0.5) is 5.82 Å². The van der Waals surface area contributed by atoms with Crippen LogP contribution in [0.5, 0.6) is 0 Å². The van der Waals surface area contributed by atoms with E-state index in [1.54, 1.807) is 6.33 Å². The highest BCUT2D eigenvalue weighted by Crippen LogP contribution is 2.30. The molecule has 0 aliphatic heterocycles. The van der Waals surface area contributed by atoms with Gasteiger partial charge in [-0.25, -0.2) is 20.1 Å². The van der Waals surface area contributed by atoms with Gasteiger partial charge in [-0.2, -0.15) is 8.42 Å². The van der Waals surface area contributed by atoms with Gasteiger partial charge in [0.15, 0.2) is 0 Å². The van der Waals surface area contributed by atoms with Gasteiger partial charge in [0.25, 0.3) is 0 Å². The van der Waals surface area contributed by atoms with Crippen molar-refractivity contribution >= 4 is 49.2 Å². The first-order valence-corrected chi connectivity index (χ1v) is 12.9. The number of ketones is 1. The number of hydrogen-bond acceptors (Lipinski definition) is 9. The summed E-state index contributed by atoms with van der Waals surface area (Å²) in [6, 6.07) is 1.91. The van der Waals surface area contributed by atoms with Crippen LogP contribution in [0, 0.1) is 5.92 Å². The molecule has 3 aromatic heterocycles. The maximum atomic E-state index is 13.2. The summed E-state index contributed by atoms with van der Waals surface area (Å²) in [6.07, 6.45) is 8.79. The Balaban J connectivity index is 1.42. The molecule has 1 aliphatic carbocycles. The Morgan fingerprint density at radius 2 is 2.22 bits per heavy atom. The van der Waals surface area contributed by atoms with E-state index in [0.29, 0.717) is 29.2 Å². The van der Waals surface area contributed by atoms with Gasteiger partial charge in [-0.3, -0.25) is 8.98 Å². The summed E-state index contributed by atoms with van der Waals surface area (Å²) in [4.78, 5) is 26.2. The summed E-state index contributed by atoms with van der Waals surface area (Å²) in [5.41, 5.74) is 1.40. The maximum Gasteiger partial charge on any atom is 0.333 e. The van der Waals surface area contributed by atoms with Gasteiger partial charge in [0, 0.05) is 25.0 Å². The molecule has 0 aromatic carbocycles. The summed E-state index contributed by atoms with van der Waals surface area (Å²) in [5.74, 6) is 0.384. The summed E-state index contributed by atoms with van der Waals surface area (Å²) in [5, 5.41) is 10.2. The van der Waals surface area contributed by atoms with E-state index in [-0.39, 0.29) is 24.3 Å². The molecule has 4 rings (SSSR count). The molecule has 3 N–H and O–H groups in total. The van der Waals surface area contributed by atoms with E-state index in [1.807, 2.05) is 22.2 Å². The van der Waals surface area contributed by atoms with E-state index in [0.717, 1.165) is 23.0 Å². The molecule has 0 unspecified atom stereocenters. The fraction of sp³-hybridized carbons (Fsp3) is 0.368. The Morgan fingerprint density at radius 1 is 1.38 bits per heavy atom. The number of nitrogens with one attached hydrogen (secondary N) is 1. The van der Waals surface area contributed by atoms with Crippen molar-refractivity contribution in [2.24, 2.45) is 11.1 Å². The van der Waals surface area contributed by atoms with Gasteiger partial charge in [-0.1, -0.05) is 0 Å². The van der Waals surface area contributed by atoms with Crippen LogP contribution >= 0.6 is 27.3 Å². The van der Waals surface area contributed by atoms with Crippen molar-refractivity contribution in [1.82, 2.24) is 19.5 Å². The maximum absolute atomic E-state index is 13.2. The van der Waals surface area contributed by atoms with Gasteiger partial charge in [-0.15, -0.1) is 11.3 Å². The molecular formula is C19H21BrN6O4S2. The number of halogens is 1. The van der Waals surface area contributed by atoms with Gasteiger partial charge in [0.05, 0.1) is 23.4 Å². The third kappa shape index (κ3) is 5.98. The molecule has 1 saturated carbocycles. The van der Waals surface area contributed by atoms with Gasteiger partial charge >= 0.3 is 10.3 Å². The summed E-state index contributed by atoms with van der Waals surface area (Å²) in [7, 11) is -3.95. The second-order valence-electron chi connectivity index (χ2n) is 7.60. The Labute approximate surface area is 197 Å². The molecule has 13 heteroatoms. The molecule has 0 spiro atoms. The van der Waals surface area contributed by atoms with Crippen molar-refractivity contribution in [3.05, 3.63) is 57.1 Å². The summed E-state index contributed by atoms with van der Waals surface area (Å²) in [6.45, 7) is 0.668. The average Bonchev–Trinajstić information content (AvgIpc) is 3.48. The van der Waals surface area contributed by atoms with Crippen LogP contribution in [-0.2, 0) is 21.0 Å². The second kappa shape index (κ2) is 9.75. The number of rotatable bonds is 9. The number of carbonyl (C=O) groups excluding carboxylic acids is 1. The predicted molar refractivity (Wildman–Crippen MR) is 123 cm³/mol. The highest BCUT2D eigenvalue weighted by atomic mass is 79.9. The van der Waals surface area contributed by atoms with Gasteiger partial charge in [-0.05, 0) is 58.1 Å². The Hall–Kier alpha value is -2.19. The highest BCUT2D eigenvalue weighted by Gasteiger charge is 2.27. The Bertz CT molecular complexity index is 1210. The molecule has 2 atom stereocenters. The van der Waals surface area contributed by atoms with E-state index in [9.17, 15) is 13.2 Å². The van der Waals surface area contributed by atoms with Gasteiger partial charge < -0.3 is 9.88 Å². The number of anilines is 1. The normalized spacial score (nSPS) is 18.7. The quantitative estimate of drug-likeness (QED) is 0.394. The minimum Gasteiger partial charge on any atom is -0.367 e. The molecule has 0 radical (unpaired) electrons. The lowest BCUT2D eigenvalue weighted by Gasteiger charge is -2.15. The zero-order valence-corrected chi connectivity index (χ0v) is 20.1. The third-order valence-electron chi connectivity index (χ3n) is 5.15. The first kappa shape index (κ1) is 23.0. The largest absolute Gasteiger partial charge is 0.367 e. The van der Waals surface area contributed by atoms with Crippen LogP contribution in [0.15, 0.2) is 41.1 Å². The smallest absolute Gasteiger partial charge is 0.333 e. The first-order valence-electron chi connectivity index (χ1n) is 9.80. The molecule has 0 saturated heterocycles. The SMILES string of the molecule is NS(=O)(=O)OC[C@@H]1CC[C@H](Nc2ncncc2C(=O)c2cc(Cn3cnc(Br)c3)cs2)C1. The average molecular weight is 541 g/mol. The van der Waals surface area contributed by atoms with E-state index in [2.05, 4.69) is 36.2 Å². The molecule has 170 valence electrons. The number of thiophene rings is 1. The zero-order valence-electron chi connectivity index (χ0n) is 16.8. The van der Waals surface area contributed by atoms with E-state index < -0.39 is 10.3 Å². The monoisotopic (exact) mass is 540 g/mol. The number of nitrogens with zero attached hydrogens (tertiary/aromatic N) is 4. The topological polar surface area (TPSA) is 142 Å². The van der Waals surface area contributed by atoms with Crippen LogP contribution in [0.25, 0.3) is 0 Å². The molecule has 0 amide bonds. The van der Waals surface area contributed by atoms with Crippen LogP contribution in [0.1, 0.15) is 40.1 Å². The molecule has 3 aromatic rings. The van der Waals surface area contributed by atoms with Crippen molar-refractivity contribution in [1.29, 1.82) is 0 Å². The Kier molecular flexibility index (Phi) is 7.00. The summed E-state index contributed by atoms with van der Waals surface area (Å²) < 4.78 is 29.4. The number of carbonyl (C=O) groups is 1. The number of imidazole rings is 1. The van der Waals surface area contributed by atoms with Crippen LogP contribution < -0.4 is 10.5 Å². The van der Waals surface area contributed by atoms with Crippen molar-refractivity contribution in [3.63, 3.8) is 0 Å². The van der Waals surface area contributed by atoms with E-state index in [1.165, 1.54) is 23.9 Å². The van der Waals surface area contributed by atoms with Crippen LogP contribution in [0.2, 0.25) is 0 Å². The Morgan fingerprint density at radius 3 is 2.97 bits per heavy atom. The predicted octanol–water partition coefficient (Wildman–Crippen LogP) is 2.58. The molecule has 0 bridgehead atoms. The highest BCUT2D eigenvalue weighted by molar-refractivity contribution is 9.10. The fourth-order valence-corrected chi connectivity index (χ4v) is 5.29. The number of nitrogens with two attached hydrogens (primary N) is 1. The van der Waals surface area contributed by atoms with Gasteiger partial charge in [0.1, 0.15) is 16.7 Å². The standard InChI is InChI=1S/C19H21BrN6O4S2/c20-17-7-26(11-24-17)6-13-4-16(31-9-13)18(27)15-5-22-10-23-19(15)25-14-2-1-12(3-14)8-30-32(21,28)29/h4-5,7,9-12,14H,1-3,6,8H2,(H2,21,28,29)(H,22,23,25)/t12-,14+/m1/s1. The van der Waals surface area contributed by atoms with E-state index >= 15 is 0 Å². The third-order valence-corrected chi connectivity index (χ3v) is 7.00. The van der Waals surface area contributed by atoms with Crippen LogP contribution in [-0.4, -0.2) is 46.4 Å². The molecule has 10 nitrogen and oxygen atoms in total. The van der Waals surface area contributed by atoms with E-state index in [4.69, 9.17) is 9.32 Å². The zero-order chi connectivity index (χ0) is 22.7.